The van der Waals surface area contributed by atoms with Crippen molar-refractivity contribution in [1.82, 2.24) is 9.13 Å². The van der Waals surface area contributed by atoms with Gasteiger partial charge in [0, 0.05) is 25.9 Å². The average Bonchev–Trinajstić information content (AvgIpc) is 2.48. The molecule has 21 heavy (non-hydrogen) atoms. The van der Waals surface area contributed by atoms with Crippen LogP contribution in [0, 0.1) is 6.92 Å². The summed E-state index contributed by atoms with van der Waals surface area (Å²) in [6, 6.07) is 7.18. The molecule has 0 fully saturated rings. The minimum atomic E-state index is -0.425. The predicted molar refractivity (Wildman–Crippen MR) is 81.5 cm³/mol. The van der Waals surface area contributed by atoms with Crippen molar-refractivity contribution in [3.8, 4) is 0 Å². The van der Waals surface area contributed by atoms with Crippen LogP contribution in [0.15, 0.2) is 46.1 Å². The van der Waals surface area contributed by atoms with Crippen molar-refractivity contribution in [2.24, 2.45) is 14.1 Å². The summed E-state index contributed by atoms with van der Waals surface area (Å²) in [4.78, 5) is 35.5. The first-order valence-electron chi connectivity index (χ1n) is 6.46. The Bertz CT molecular complexity index is 824. The van der Waals surface area contributed by atoms with E-state index in [-0.39, 0.29) is 5.78 Å². The van der Waals surface area contributed by atoms with Gasteiger partial charge < -0.3 is 4.57 Å². The molecule has 108 valence electrons. The summed E-state index contributed by atoms with van der Waals surface area (Å²) >= 11 is 0. The molecule has 0 spiro atoms. The molecule has 0 saturated heterocycles. The van der Waals surface area contributed by atoms with Gasteiger partial charge in [-0.1, -0.05) is 29.8 Å². The van der Waals surface area contributed by atoms with Crippen molar-refractivity contribution >= 4 is 11.9 Å². The molecular weight excluding hydrogens is 268 g/mol. The second-order valence-corrected chi connectivity index (χ2v) is 4.91. The van der Waals surface area contributed by atoms with Gasteiger partial charge in [0.1, 0.15) is 0 Å². The van der Waals surface area contributed by atoms with E-state index in [2.05, 4.69) is 0 Å². The van der Waals surface area contributed by atoms with Gasteiger partial charge in [0.15, 0.2) is 5.78 Å². The molecule has 0 N–H and O–H groups in total. The maximum absolute atomic E-state index is 12.0. The molecule has 0 bridgehead atoms. The summed E-state index contributed by atoms with van der Waals surface area (Å²) < 4.78 is 2.31. The fourth-order valence-corrected chi connectivity index (χ4v) is 1.93. The monoisotopic (exact) mass is 284 g/mol. The van der Waals surface area contributed by atoms with E-state index in [1.807, 2.05) is 19.1 Å². The van der Waals surface area contributed by atoms with Crippen LogP contribution in [0.5, 0.6) is 0 Å². The van der Waals surface area contributed by atoms with Crippen molar-refractivity contribution in [2.75, 3.05) is 0 Å². The van der Waals surface area contributed by atoms with Gasteiger partial charge in [-0.3, -0.25) is 14.2 Å². The van der Waals surface area contributed by atoms with Gasteiger partial charge in [0.25, 0.3) is 5.56 Å². The number of aromatic nitrogens is 2. The van der Waals surface area contributed by atoms with Gasteiger partial charge in [-0.15, -0.1) is 0 Å². The van der Waals surface area contributed by atoms with Crippen LogP contribution < -0.4 is 11.2 Å². The van der Waals surface area contributed by atoms with E-state index in [1.165, 1.54) is 30.0 Å². The Hall–Kier alpha value is -2.69. The van der Waals surface area contributed by atoms with Crippen LogP contribution in [0.1, 0.15) is 21.5 Å². The van der Waals surface area contributed by atoms with Crippen LogP contribution in [0.25, 0.3) is 6.08 Å². The normalized spacial score (nSPS) is 11.0. The van der Waals surface area contributed by atoms with Crippen molar-refractivity contribution < 1.29 is 4.79 Å². The number of ketones is 1. The Morgan fingerprint density at radius 2 is 1.71 bits per heavy atom. The summed E-state index contributed by atoms with van der Waals surface area (Å²) in [5.74, 6) is -0.189. The lowest BCUT2D eigenvalue weighted by Crippen LogP contribution is -2.37. The molecule has 5 nitrogen and oxygen atoms in total. The number of hydrogen-bond acceptors (Lipinski definition) is 3. The van der Waals surface area contributed by atoms with Gasteiger partial charge in [-0.2, -0.15) is 0 Å². The highest BCUT2D eigenvalue weighted by atomic mass is 16.2. The lowest BCUT2D eigenvalue weighted by Gasteiger charge is -2.03. The third-order valence-corrected chi connectivity index (χ3v) is 3.22. The summed E-state index contributed by atoms with van der Waals surface area (Å²) in [7, 11) is 2.96. The van der Waals surface area contributed by atoms with Gasteiger partial charge in [0.05, 0.1) is 5.56 Å². The molecule has 1 heterocycles. The molecule has 0 aliphatic rings. The van der Waals surface area contributed by atoms with Crippen molar-refractivity contribution in [3.05, 3.63) is 74.1 Å². The fourth-order valence-electron chi connectivity index (χ4n) is 1.93. The number of aryl methyl sites for hydroxylation is 2. The molecule has 2 aromatic rings. The lowest BCUT2D eigenvalue weighted by molar-refractivity contribution is 0.104. The largest absolute Gasteiger partial charge is 0.330 e. The Kier molecular flexibility index (Phi) is 4.03. The smallest absolute Gasteiger partial charge is 0.303 e. The SMILES string of the molecule is Cc1ccc(C(=O)/C=C\c2cn(C)c(=O)n(C)c2=O)cc1. The zero-order chi connectivity index (χ0) is 15.6. The second kappa shape index (κ2) is 5.75. The van der Waals surface area contributed by atoms with E-state index in [0.717, 1.165) is 10.1 Å². The molecule has 5 heteroatoms. The number of carbonyl (C=O) groups excluding carboxylic acids is 1. The third kappa shape index (κ3) is 3.08. The maximum Gasteiger partial charge on any atom is 0.330 e. The molecule has 0 atom stereocenters. The van der Waals surface area contributed by atoms with Crippen LogP contribution in [0.3, 0.4) is 0 Å². The second-order valence-electron chi connectivity index (χ2n) is 4.91. The molecule has 0 radical (unpaired) electrons. The van der Waals surface area contributed by atoms with Gasteiger partial charge >= 0.3 is 5.69 Å². The molecule has 1 aromatic carbocycles. The molecule has 0 aliphatic carbocycles. The first kappa shape index (κ1) is 14.7. The van der Waals surface area contributed by atoms with E-state index >= 15 is 0 Å². The highest BCUT2D eigenvalue weighted by molar-refractivity contribution is 6.06. The third-order valence-electron chi connectivity index (χ3n) is 3.22. The van der Waals surface area contributed by atoms with Crippen LogP contribution in [0.2, 0.25) is 0 Å². The molecular formula is C16H16N2O3. The maximum atomic E-state index is 12.0. The number of hydrogen-bond donors (Lipinski definition) is 0. The summed E-state index contributed by atoms with van der Waals surface area (Å²) in [6.07, 6.45) is 4.19. The van der Waals surface area contributed by atoms with Crippen LogP contribution >= 0.6 is 0 Å². The number of rotatable bonds is 3. The molecule has 0 unspecified atom stereocenters. The first-order chi connectivity index (χ1) is 9.90. The first-order valence-corrected chi connectivity index (χ1v) is 6.46. The average molecular weight is 284 g/mol. The Morgan fingerprint density at radius 3 is 2.33 bits per heavy atom. The Balaban J connectivity index is 2.34. The Labute approximate surface area is 121 Å². The number of carbonyl (C=O) groups is 1. The molecule has 0 amide bonds. The molecule has 0 saturated carbocycles. The van der Waals surface area contributed by atoms with E-state index in [4.69, 9.17) is 0 Å². The zero-order valence-electron chi connectivity index (χ0n) is 12.2. The number of allylic oxidation sites excluding steroid dienone is 1. The minimum Gasteiger partial charge on any atom is -0.303 e. The van der Waals surface area contributed by atoms with Crippen LogP contribution in [-0.2, 0) is 14.1 Å². The van der Waals surface area contributed by atoms with E-state index < -0.39 is 11.2 Å². The van der Waals surface area contributed by atoms with E-state index in [0.29, 0.717) is 11.1 Å². The van der Waals surface area contributed by atoms with Crippen molar-refractivity contribution in [3.63, 3.8) is 0 Å². The van der Waals surface area contributed by atoms with Gasteiger partial charge in [-0.25, -0.2) is 4.79 Å². The zero-order valence-corrected chi connectivity index (χ0v) is 12.2. The lowest BCUT2D eigenvalue weighted by atomic mass is 10.1. The topological polar surface area (TPSA) is 61.1 Å². The standard InChI is InChI=1S/C16H16N2O3/c1-11-4-6-12(7-5-11)14(19)9-8-13-10-17(2)16(21)18(3)15(13)20/h4-10H,1-3H3/b9-8-. The van der Waals surface area contributed by atoms with Crippen LogP contribution in [0.4, 0.5) is 0 Å². The highest BCUT2D eigenvalue weighted by Gasteiger charge is 2.05. The minimum absolute atomic E-state index is 0.189. The van der Waals surface area contributed by atoms with Crippen molar-refractivity contribution in [1.29, 1.82) is 0 Å². The highest BCUT2D eigenvalue weighted by Crippen LogP contribution is 2.05. The molecule has 2 rings (SSSR count). The van der Waals surface area contributed by atoms with Crippen molar-refractivity contribution in [2.45, 2.75) is 6.92 Å². The fraction of sp³-hybridized carbons (Fsp3) is 0.188. The quantitative estimate of drug-likeness (QED) is 0.630. The van der Waals surface area contributed by atoms with E-state index in [9.17, 15) is 14.4 Å². The van der Waals surface area contributed by atoms with Gasteiger partial charge in [-0.05, 0) is 19.1 Å². The van der Waals surface area contributed by atoms with Crippen LogP contribution in [-0.4, -0.2) is 14.9 Å². The number of benzene rings is 1. The summed E-state index contributed by atoms with van der Waals surface area (Å²) in [5, 5.41) is 0. The summed E-state index contributed by atoms with van der Waals surface area (Å²) in [6.45, 7) is 1.94. The molecule has 1 aromatic heterocycles. The van der Waals surface area contributed by atoms with E-state index in [1.54, 1.807) is 19.2 Å². The number of nitrogens with zero attached hydrogens (tertiary/aromatic N) is 2. The predicted octanol–water partition coefficient (Wildman–Crippen LogP) is 1.29. The van der Waals surface area contributed by atoms with Gasteiger partial charge in [0.2, 0.25) is 0 Å². The molecule has 0 aliphatic heterocycles. The summed E-state index contributed by atoms with van der Waals surface area (Å²) in [5.41, 5.74) is 1.09. The Morgan fingerprint density at radius 1 is 1.10 bits per heavy atom.